The van der Waals surface area contributed by atoms with Crippen molar-refractivity contribution in [2.45, 2.75) is 6.54 Å². The molecule has 1 aliphatic rings. The van der Waals surface area contributed by atoms with E-state index in [2.05, 4.69) is 50.5 Å². The lowest BCUT2D eigenvalue weighted by molar-refractivity contribution is -0.111. The minimum Gasteiger partial charge on any atom is -0.379 e. The second kappa shape index (κ2) is 9.99. The third-order valence-electron chi connectivity index (χ3n) is 6.03. The number of carbonyl (C=O) groups is 1. The fourth-order valence-electron chi connectivity index (χ4n) is 4.17. The van der Waals surface area contributed by atoms with E-state index in [1.807, 2.05) is 29.8 Å². The van der Waals surface area contributed by atoms with Crippen molar-refractivity contribution in [2.24, 2.45) is 7.05 Å². The molecule has 172 valence electrons. The Labute approximate surface area is 198 Å². The van der Waals surface area contributed by atoms with E-state index in [0.29, 0.717) is 0 Å². The molecule has 2 aromatic heterocycles. The summed E-state index contributed by atoms with van der Waals surface area (Å²) >= 11 is 0. The topological polar surface area (TPSA) is 72.3 Å². The lowest BCUT2D eigenvalue weighted by atomic mass is 10.0. The van der Waals surface area contributed by atoms with Gasteiger partial charge in [0.05, 0.1) is 30.6 Å². The minimum atomic E-state index is -0.184. The first-order chi connectivity index (χ1) is 16.7. The summed E-state index contributed by atoms with van der Waals surface area (Å²) in [6.45, 7) is 4.38. The minimum absolute atomic E-state index is 0.184. The zero-order valence-electron chi connectivity index (χ0n) is 19.1. The highest BCUT2D eigenvalue weighted by Gasteiger charge is 2.11. The molecule has 7 nitrogen and oxygen atoms in total. The molecule has 1 saturated heterocycles. The van der Waals surface area contributed by atoms with E-state index in [4.69, 9.17) is 4.74 Å². The Hall–Kier alpha value is -3.81. The highest BCUT2D eigenvalue weighted by Crippen LogP contribution is 2.27. The maximum Gasteiger partial charge on any atom is 0.248 e. The molecule has 5 rings (SSSR count). The van der Waals surface area contributed by atoms with Crippen molar-refractivity contribution in [1.29, 1.82) is 0 Å². The summed E-state index contributed by atoms with van der Waals surface area (Å²) in [7, 11) is 1.98. The summed E-state index contributed by atoms with van der Waals surface area (Å²) in [6, 6.07) is 16.1. The maximum absolute atomic E-state index is 12.6. The fourth-order valence-corrected chi connectivity index (χ4v) is 4.17. The fraction of sp³-hybridized carbons (Fsp3) is 0.222. The van der Waals surface area contributed by atoms with Crippen LogP contribution in [0.2, 0.25) is 0 Å². The van der Waals surface area contributed by atoms with E-state index in [1.54, 1.807) is 30.9 Å². The molecule has 0 radical (unpaired) electrons. The summed E-state index contributed by atoms with van der Waals surface area (Å²) < 4.78 is 7.39. The first kappa shape index (κ1) is 22.0. The number of rotatable bonds is 6. The van der Waals surface area contributed by atoms with Gasteiger partial charge in [-0.1, -0.05) is 18.2 Å². The molecule has 0 saturated carbocycles. The van der Waals surface area contributed by atoms with Crippen LogP contribution < -0.4 is 5.32 Å². The first-order valence-electron chi connectivity index (χ1n) is 11.4. The molecule has 3 heterocycles. The van der Waals surface area contributed by atoms with E-state index in [0.717, 1.165) is 66.3 Å². The number of amides is 1. The SMILES string of the molecule is Cn1cnc2cc(-c3ccncc3C=CC(=O)Nc3ccc(CN4CCOCC4)cc3)ccc21. The highest BCUT2D eigenvalue weighted by atomic mass is 16.5. The van der Waals surface area contributed by atoms with Gasteiger partial charge < -0.3 is 14.6 Å². The molecule has 0 aliphatic carbocycles. The number of hydrogen-bond donors (Lipinski definition) is 1. The second-order valence-electron chi connectivity index (χ2n) is 8.43. The van der Waals surface area contributed by atoms with Gasteiger partial charge in [-0.25, -0.2) is 4.98 Å². The summed E-state index contributed by atoms with van der Waals surface area (Å²) in [5, 5.41) is 2.94. The molecule has 1 aliphatic heterocycles. The molecule has 7 heteroatoms. The van der Waals surface area contributed by atoms with Crippen LogP contribution in [0, 0.1) is 0 Å². The third-order valence-corrected chi connectivity index (χ3v) is 6.03. The molecule has 0 bridgehead atoms. The van der Waals surface area contributed by atoms with E-state index in [-0.39, 0.29) is 5.91 Å². The van der Waals surface area contributed by atoms with Gasteiger partial charge in [-0.3, -0.25) is 14.7 Å². The molecule has 2 aromatic carbocycles. The molecule has 0 atom stereocenters. The summed E-state index contributed by atoms with van der Waals surface area (Å²) in [5.41, 5.74) is 6.90. The largest absolute Gasteiger partial charge is 0.379 e. The Morgan fingerprint density at radius 2 is 1.94 bits per heavy atom. The number of nitrogens with zero attached hydrogens (tertiary/aromatic N) is 4. The highest BCUT2D eigenvalue weighted by molar-refractivity contribution is 6.02. The van der Waals surface area contributed by atoms with Crippen LogP contribution in [0.15, 0.2) is 73.3 Å². The van der Waals surface area contributed by atoms with Crippen LogP contribution in [0.3, 0.4) is 0 Å². The predicted molar refractivity (Wildman–Crippen MR) is 134 cm³/mol. The van der Waals surface area contributed by atoms with Crippen molar-refractivity contribution >= 4 is 28.7 Å². The lowest BCUT2D eigenvalue weighted by Gasteiger charge is -2.26. The molecule has 1 amide bonds. The molecule has 1 N–H and O–H groups in total. The average Bonchev–Trinajstić information content (AvgIpc) is 3.25. The Bertz CT molecular complexity index is 1320. The van der Waals surface area contributed by atoms with Gasteiger partial charge in [-0.2, -0.15) is 0 Å². The zero-order chi connectivity index (χ0) is 23.3. The number of nitrogens with one attached hydrogen (secondary N) is 1. The van der Waals surface area contributed by atoms with Crippen LogP contribution in [0.5, 0.6) is 0 Å². The number of imidazole rings is 1. The van der Waals surface area contributed by atoms with Crippen molar-refractivity contribution in [1.82, 2.24) is 19.4 Å². The van der Waals surface area contributed by atoms with E-state index >= 15 is 0 Å². The lowest BCUT2D eigenvalue weighted by Crippen LogP contribution is -2.35. The van der Waals surface area contributed by atoms with Gasteiger partial charge in [0, 0.05) is 56.4 Å². The van der Waals surface area contributed by atoms with Crippen LogP contribution in [0.1, 0.15) is 11.1 Å². The third kappa shape index (κ3) is 5.06. The van der Waals surface area contributed by atoms with Crippen molar-refractivity contribution in [2.75, 3.05) is 31.6 Å². The van der Waals surface area contributed by atoms with Crippen LogP contribution in [-0.4, -0.2) is 51.6 Å². The van der Waals surface area contributed by atoms with Crippen LogP contribution >= 0.6 is 0 Å². The van der Waals surface area contributed by atoms with Gasteiger partial charge in [-0.15, -0.1) is 0 Å². The maximum atomic E-state index is 12.6. The summed E-state index contributed by atoms with van der Waals surface area (Å²) in [5.74, 6) is -0.184. The van der Waals surface area contributed by atoms with Crippen LogP contribution in [0.4, 0.5) is 5.69 Å². The number of ether oxygens (including phenoxy) is 1. The Kier molecular flexibility index (Phi) is 6.46. The van der Waals surface area contributed by atoms with Crippen molar-refractivity contribution in [3.05, 3.63) is 84.5 Å². The average molecular weight is 454 g/mol. The number of pyridine rings is 1. The van der Waals surface area contributed by atoms with Gasteiger partial charge in [0.15, 0.2) is 0 Å². The molecular weight excluding hydrogens is 426 g/mol. The smallest absolute Gasteiger partial charge is 0.248 e. The molecule has 1 fully saturated rings. The van der Waals surface area contributed by atoms with Crippen LogP contribution in [-0.2, 0) is 23.1 Å². The quantitative estimate of drug-likeness (QED) is 0.445. The number of benzene rings is 2. The molecule has 34 heavy (non-hydrogen) atoms. The normalized spacial score (nSPS) is 14.6. The number of anilines is 1. The van der Waals surface area contributed by atoms with E-state index < -0.39 is 0 Å². The molecule has 4 aromatic rings. The monoisotopic (exact) mass is 453 g/mol. The van der Waals surface area contributed by atoms with Gasteiger partial charge in [-0.05, 0) is 53.1 Å². The first-order valence-corrected chi connectivity index (χ1v) is 11.4. The summed E-state index contributed by atoms with van der Waals surface area (Å²) in [4.78, 5) is 23.6. The molecular formula is C27H27N5O2. The van der Waals surface area contributed by atoms with Gasteiger partial charge in [0.1, 0.15) is 0 Å². The number of aromatic nitrogens is 3. The van der Waals surface area contributed by atoms with E-state index in [1.165, 1.54) is 5.56 Å². The number of aryl methyl sites for hydroxylation is 1. The van der Waals surface area contributed by atoms with Crippen molar-refractivity contribution in [3.63, 3.8) is 0 Å². The number of fused-ring (bicyclic) bond motifs is 1. The molecule has 0 spiro atoms. The second-order valence-corrected chi connectivity index (χ2v) is 8.43. The molecule has 0 unspecified atom stereocenters. The zero-order valence-corrected chi connectivity index (χ0v) is 19.1. The Morgan fingerprint density at radius 3 is 2.76 bits per heavy atom. The predicted octanol–water partition coefficient (Wildman–Crippen LogP) is 4.12. The van der Waals surface area contributed by atoms with Crippen molar-refractivity contribution < 1.29 is 9.53 Å². The van der Waals surface area contributed by atoms with Gasteiger partial charge >= 0.3 is 0 Å². The number of hydrogen-bond acceptors (Lipinski definition) is 5. The van der Waals surface area contributed by atoms with Crippen LogP contribution in [0.25, 0.3) is 28.2 Å². The summed E-state index contributed by atoms with van der Waals surface area (Å²) in [6.07, 6.45) is 8.67. The van der Waals surface area contributed by atoms with Gasteiger partial charge in [0.25, 0.3) is 0 Å². The Balaban J connectivity index is 1.25. The number of morpholine rings is 1. The van der Waals surface area contributed by atoms with E-state index in [9.17, 15) is 4.79 Å². The number of carbonyl (C=O) groups excluding carboxylic acids is 1. The standard InChI is InChI=1S/C27H27N5O2/c1-31-19-29-25-16-21(4-8-26(25)31)24-10-11-28-17-22(24)5-9-27(33)30-23-6-2-20(3-7-23)18-32-12-14-34-15-13-32/h2-11,16-17,19H,12-15,18H2,1H3,(H,30,33). The Morgan fingerprint density at radius 1 is 1.12 bits per heavy atom. The van der Waals surface area contributed by atoms with Gasteiger partial charge in [0.2, 0.25) is 5.91 Å². The van der Waals surface area contributed by atoms with Crippen molar-refractivity contribution in [3.8, 4) is 11.1 Å².